The fourth-order valence-electron chi connectivity index (χ4n) is 1.81. The summed E-state index contributed by atoms with van der Waals surface area (Å²) < 4.78 is 25.9. The van der Waals surface area contributed by atoms with Crippen LogP contribution in [0.5, 0.6) is 0 Å². The van der Waals surface area contributed by atoms with Crippen molar-refractivity contribution in [1.29, 1.82) is 0 Å². The van der Waals surface area contributed by atoms with Gasteiger partial charge in [-0.05, 0) is 24.3 Å². The molecule has 0 heterocycles. The largest absolute Gasteiger partial charge is 2.00 e. The minimum Gasteiger partial charge on any atom is -0.311 e. The summed E-state index contributed by atoms with van der Waals surface area (Å²) in [5, 5.41) is 0. The zero-order valence-corrected chi connectivity index (χ0v) is 13.3. The van der Waals surface area contributed by atoms with Gasteiger partial charge in [0.25, 0.3) is 0 Å². The molecule has 1 aromatic carbocycles. The monoisotopic (exact) mass is 352 g/mol. The van der Waals surface area contributed by atoms with Crippen molar-refractivity contribution in [2.75, 3.05) is 0 Å². The van der Waals surface area contributed by atoms with Gasteiger partial charge in [-0.3, -0.25) is 12.2 Å². The van der Waals surface area contributed by atoms with Gasteiger partial charge in [0, 0.05) is 11.6 Å². The molecule has 0 saturated carbocycles. The van der Waals surface area contributed by atoms with E-state index in [1.54, 1.807) is 12.2 Å². The third-order valence-electron chi connectivity index (χ3n) is 2.94. The van der Waals surface area contributed by atoms with E-state index >= 15 is 0 Å². The zero-order chi connectivity index (χ0) is 15.8. The van der Waals surface area contributed by atoms with Crippen molar-refractivity contribution in [2.24, 2.45) is 0 Å². The number of hydrogen-bond donors (Lipinski definition) is 0. The van der Waals surface area contributed by atoms with Gasteiger partial charge in [-0.1, -0.05) is 0 Å². The van der Waals surface area contributed by atoms with Crippen molar-refractivity contribution >= 4 is 11.9 Å². The summed E-state index contributed by atoms with van der Waals surface area (Å²) in [5.74, 6) is -1.53. The molecule has 0 radical (unpaired) electrons. The van der Waals surface area contributed by atoms with Crippen molar-refractivity contribution in [3.63, 3.8) is 0 Å². The summed E-state index contributed by atoms with van der Waals surface area (Å²) in [4.78, 5) is 11.6. The number of hydrogen-bond acceptors (Lipinski definition) is 1. The number of carbonyl (C=O) groups is 1. The van der Waals surface area contributed by atoms with Crippen LogP contribution in [-0.2, 0) is 21.9 Å². The van der Waals surface area contributed by atoms with Crippen LogP contribution >= 0.6 is 0 Å². The molecule has 118 valence electrons. The average Bonchev–Trinajstić information content (AvgIpc) is 3.21. The molecular formula is C19H14F2FeO. The molecule has 0 spiro atoms. The van der Waals surface area contributed by atoms with Crippen molar-refractivity contribution in [3.8, 4) is 0 Å². The maximum Gasteiger partial charge on any atom is 2.00 e. The maximum atomic E-state index is 13.2. The smallest absolute Gasteiger partial charge is 0.311 e. The molecule has 4 heteroatoms. The van der Waals surface area contributed by atoms with E-state index in [4.69, 9.17) is 0 Å². The molecule has 0 saturated heterocycles. The molecule has 3 rings (SSSR count). The van der Waals surface area contributed by atoms with Crippen molar-refractivity contribution in [1.82, 2.24) is 0 Å². The molecule has 0 amide bonds. The number of allylic oxidation sites excluding steroid dienone is 9. The molecule has 2 aliphatic rings. The third kappa shape index (κ3) is 6.31. The first-order valence-electron chi connectivity index (χ1n) is 6.83. The van der Waals surface area contributed by atoms with E-state index in [2.05, 4.69) is 18.2 Å². The van der Waals surface area contributed by atoms with Gasteiger partial charge in [0.05, 0.1) is 0 Å². The van der Waals surface area contributed by atoms with Crippen LogP contribution in [0.15, 0.2) is 60.2 Å². The standard InChI is InChI=1S/C14H9F2O.C5H5.Fe/c15-12-7-5-10(13(16)9-12)6-8-14(17)11-3-1-2-4-11;1-2-4-5-3-1;/h3-9H,1H2;1-3H,4H2;/q2*-1;+2/b8-6+;;. The zero-order valence-electron chi connectivity index (χ0n) is 12.2. The van der Waals surface area contributed by atoms with E-state index in [0.717, 1.165) is 18.6 Å². The van der Waals surface area contributed by atoms with E-state index in [1.165, 1.54) is 18.2 Å². The SMILES string of the molecule is O=C(/C=C/c1ccc(F)cc1F)C1=CC[C-]=C1.[C-]1=CC=CC1.[Fe+2]. The summed E-state index contributed by atoms with van der Waals surface area (Å²) in [6.45, 7) is 0. The molecule has 2 aliphatic carbocycles. The Bertz CT molecular complexity index is 687. The summed E-state index contributed by atoms with van der Waals surface area (Å²) in [6.07, 6.45) is 19.5. The summed E-state index contributed by atoms with van der Waals surface area (Å²) in [6, 6.07) is 3.22. The van der Waals surface area contributed by atoms with Crippen molar-refractivity contribution in [3.05, 3.63) is 89.6 Å². The Balaban J connectivity index is 0.000000377. The van der Waals surface area contributed by atoms with E-state index in [-0.39, 0.29) is 28.4 Å². The summed E-state index contributed by atoms with van der Waals surface area (Å²) in [5.41, 5.74) is 0.732. The third-order valence-corrected chi connectivity index (χ3v) is 2.94. The molecule has 0 N–H and O–H groups in total. The van der Waals surface area contributed by atoms with Crippen LogP contribution in [-0.4, -0.2) is 5.78 Å². The normalized spacial score (nSPS) is 14.4. The Morgan fingerprint density at radius 3 is 2.52 bits per heavy atom. The van der Waals surface area contributed by atoms with E-state index in [9.17, 15) is 13.6 Å². The molecule has 0 fully saturated rings. The minimum absolute atomic E-state index is 0. The van der Waals surface area contributed by atoms with Gasteiger partial charge in [-0.15, -0.1) is 18.4 Å². The van der Waals surface area contributed by atoms with Crippen LogP contribution in [0.1, 0.15) is 18.4 Å². The van der Waals surface area contributed by atoms with E-state index in [1.807, 2.05) is 12.2 Å². The second kappa shape index (κ2) is 9.88. The average molecular weight is 352 g/mol. The van der Waals surface area contributed by atoms with Crippen LogP contribution in [0.2, 0.25) is 0 Å². The summed E-state index contributed by atoms with van der Waals surface area (Å²) in [7, 11) is 0. The first-order chi connectivity index (χ1) is 10.7. The van der Waals surface area contributed by atoms with E-state index < -0.39 is 11.6 Å². The minimum atomic E-state index is -0.684. The molecule has 0 aliphatic heterocycles. The first kappa shape index (κ1) is 19.0. The predicted octanol–water partition coefficient (Wildman–Crippen LogP) is 4.54. The van der Waals surface area contributed by atoms with Gasteiger partial charge in [0.2, 0.25) is 0 Å². The van der Waals surface area contributed by atoms with Gasteiger partial charge >= 0.3 is 17.1 Å². The predicted molar refractivity (Wildman–Crippen MR) is 82.5 cm³/mol. The summed E-state index contributed by atoms with van der Waals surface area (Å²) >= 11 is 0. The van der Waals surface area contributed by atoms with Crippen molar-refractivity contribution < 1.29 is 30.6 Å². The number of carbonyl (C=O) groups excluding carboxylic acids is 1. The van der Waals surface area contributed by atoms with Crippen LogP contribution in [0, 0.1) is 23.8 Å². The second-order valence-corrected chi connectivity index (χ2v) is 4.58. The van der Waals surface area contributed by atoms with Gasteiger partial charge in [0.15, 0.2) is 0 Å². The Labute approximate surface area is 145 Å². The molecule has 23 heavy (non-hydrogen) atoms. The second-order valence-electron chi connectivity index (χ2n) is 4.58. The molecule has 1 aromatic rings. The van der Waals surface area contributed by atoms with Gasteiger partial charge < -0.3 is 4.79 Å². The van der Waals surface area contributed by atoms with Crippen LogP contribution < -0.4 is 0 Å². The van der Waals surface area contributed by atoms with Gasteiger partial charge in [-0.2, -0.15) is 12.2 Å². The van der Waals surface area contributed by atoms with E-state index in [0.29, 0.717) is 12.0 Å². The topological polar surface area (TPSA) is 17.1 Å². The number of rotatable bonds is 3. The van der Waals surface area contributed by atoms with Gasteiger partial charge in [0.1, 0.15) is 17.4 Å². The fourth-order valence-corrected chi connectivity index (χ4v) is 1.81. The molecule has 0 atom stereocenters. The molecule has 0 bridgehead atoms. The quantitative estimate of drug-likeness (QED) is 0.444. The number of benzene rings is 1. The van der Waals surface area contributed by atoms with Crippen molar-refractivity contribution in [2.45, 2.75) is 12.8 Å². The Kier molecular flexibility index (Phi) is 8.17. The van der Waals surface area contributed by atoms with Crippen LogP contribution in [0.25, 0.3) is 6.08 Å². The van der Waals surface area contributed by atoms with Crippen LogP contribution in [0.4, 0.5) is 8.78 Å². The molecule has 1 nitrogen and oxygen atoms in total. The molecule has 0 aromatic heterocycles. The Morgan fingerprint density at radius 2 is 2.00 bits per heavy atom. The number of ketones is 1. The number of halogens is 2. The first-order valence-corrected chi connectivity index (χ1v) is 6.83. The fraction of sp³-hybridized carbons (Fsp3) is 0.105. The van der Waals surface area contributed by atoms with Gasteiger partial charge in [-0.25, -0.2) is 27.0 Å². The Morgan fingerprint density at radius 1 is 1.17 bits per heavy atom. The Hall–Kier alpha value is -2.03. The molecule has 0 unspecified atom stereocenters. The molecular weight excluding hydrogens is 338 g/mol. The maximum absolute atomic E-state index is 13.2. The van der Waals surface area contributed by atoms with Crippen LogP contribution in [0.3, 0.4) is 0 Å².